The highest BCUT2D eigenvalue weighted by atomic mass is 32.2. The molecule has 0 saturated heterocycles. The molecule has 0 aromatic heterocycles. The van der Waals surface area contributed by atoms with Gasteiger partial charge in [0.1, 0.15) is 0 Å². The molecular formula is C12H27N3OS. The van der Waals surface area contributed by atoms with Gasteiger partial charge in [0.05, 0.1) is 0 Å². The average Bonchev–Trinajstić information content (AvgIpc) is 2.25. The van der Waals surface area contributed by atoms with Crippen LogP contribution in [-0.2, 0) is 10.8 Å². The highest BCUT2D eigenvalue weighted by molar-refractivity contribution is 7.86. The number of unbranched alkanes of at least 4 members (excludes halogenated alkanes) is 1. The Balaban J connectivity index is 3.82. The van der Waals surface area contributed by atoms with Crippen LogP contribution in [0, 0.1) is 0 Å². The summed E-state index contributed by atoms with van der Waals surface area (Å²) in [5.41, 5.74) is 0. The molecule has 1 atom stereocenters. The molecule has 0 aliphatic heterocycles. The SMILES string of the molecule is CCCCNC(=NC)NCCS(=O)C(C)(C)C. The van der Waals surface area contributed by atoms with Crippen molar-refractivity contribution in [3.63, 3.8) is 0 Å². The van der Waals surface area contributed by atoms with Crippen molar-refractivity contribution in [2.75, 3.05) is 25.9 Å². The Morgan fingerprint density at radius 3 is 2.29 bits per heavy atom. The molecule has 0 fully saturated rings. The molecular weight excluding hydrogens is 234 g/mol. The topological polar surface area (TPSA) is 53.5 Å². The zero-order chi connectivity index (χ0) is 13.3. The minimum Gasteiger partial charge on any atom is -0.356 e. The maximum absolute atomic E-state index is 11.8. The third kappa shape index (κ3) is 8.18. The van der Waals surface area contributed by atoms with Crippen molar-refractivity contribution in [2.45, 2.75) is 45.3 Å². The molecule has 0 aromatic carbocycles. The lowest BCUT2D eigenvalue weighted by atomic mass is 10.3. The van der Waals surface area contributed by atoms with Gasteiger partial charge in [-0.25, -0.2) is 0 Å². The van der Waals surface area contributed by atoms with Crippen molar-refractivity contribution in [1.82, 2.24) is 10.6 Å². The summed E-state index contributed by atoms with van der Waals surface area (Å²) < 4.78 is 11.7. The van der Waals surface area contributed by atoms with E-state index in [1.54, 1.807) is 7.05 Å². The first-order valence-electron chi connectivity index (χ1n) is 6.24. The summed E-state index contributed by atoms with van der Waals surface area (Å²) >= 11 is 0. The van der Waals surface area contributed by atoms with Gasteiger partial charge in [0.2, 0.25) is 0 Å². The van der Waals surface area contributed by atoms with Gasteiger partial charge in [-0.1, -0.05) is 13.3 Å². The van der Waals surface area contributed by atoms with Crippen LogP contribution >= 0.6 is 0 Å². The van der Waals surface area contributed by atoms with Crippen molar-refractivity contribution in [2.24, 2.45) is 4.99 Å². The maximum atomic E-state index is 11.8. The molecule has 5 heteroatoms. The van der Waals surface area contributed by atoms with E-state index >= 15 is 0 Å². The minimum absolute atomic E-state index is 0.138. The van der Waals surface area contributed by atoms with Crippen LogP contribution in [0.15, 0.2) is 4.99 Å². The van der Waals surface area contributed by atoms with Gasteiger partial charge in [-0.3, -0.25) is 9.20 Å². The predicted molar refractivity (Wildman–Crippen MR) is 77.0 cm³/mol. The fourth-order valence-electron chi connectivity index (χ4n) is 1.17. The molecule has 0 aromatic rings. The van der Waals surface area contributed by atoms with E-state index in [9.17, 15) is 4.21 Å². The summed E-state index contributed by atoms with van der Waals surface area (Å²) in [5, 5.41) is 6.40. The number of rotatable bonds is 6. The second kappa shape index (κ2) is 8.50. The van der Waals surface area contributed by atoms with Gasteiger partial charge in [0.25, 0.3) is 0 Å². The van der Waals surface area contributed by atoms with Crippen LogP contribution in [0.3, 0.4) is 0 Å². The minimum atomic E-state index is -0.808. The molecule has 0 aliphatic rings. The average molecular weight is 261 g/mol. The fourth-order valence-corrected chi connectivity index (χ4v) is 2.07. The van der Waals surface area contributed by atoms with Crippen LogP contribution in [0.25, 0.3) is 0 Å². The molecule has 0 radical (unpaired) electrons. The standard InChI is InChI=1S/C12H27N3OS/c1-6-7-8-14-11(13-5)15-9-10-17(16)12(2,3)4/h6-10H2,1-5H3,(H2,13,14,15). The van der Waals surface area contributed by atoms with Crippen LogP contribution in [-0.4, -0.2) is 40.8 Å². The smallest absolute Gasteiger partial charge is 0.191 e. The van der Waals surface area contributed by atoms with Crippen molar-refractivity contribution in [3.05, 3.63) is 0 Å². The third-order valence-electron chi connectivity index (χ3n) is 2.31. The number of guanidine groups is 1. The second-order valence-corrected chi connectivity index (χ2v) is 7.27. The number of nitrogens with zero attached hydrogens (tertiary/aromatic N) is 1. The van der Waals surface area contributed by atoms with Crippen molar-refractivity contribution in [1.29, 1.82) is 0 Å². The molecule has 2 N–H and O–H groups in total. The zero-order valence-corrected chi connectivity index (χ0v) is 12.6. The lowest BCUT2D eigenvalue weighted by molar-refractivity contribution is 0.646. The molecule has 0 heterocycles. The summed E-state index contributed by atoms with van der Waals surface area (Å²) in [7, 11) is 0.944. The van der Waals surface area contributed by atoms with E-state index in [1.807, 2.05) is 20.8 Å². The van der Waals surface area contributed by atoms with Gasteiger partial charge in [0, 0.05) is 41.4 Å². The first kappa shape index (κ1) is 16.4. The van der Waals surface area contributed by atoms with E-state index in [2.05, 4.69) is 22.5 Å². The Bertz CT molecular complexity index is 259. The summed E-state index contributed by atoms with van der Waals surface area (Å²) in [6, 6.07) is 0. The quantitative estimate of drug-likeness (QED) is 0.433. The fraction of sp³-hybridized carbons (Fsp3) is 0.917. The van der Waals surface area contributed by atoms with Crippen molar-refractivity contribution >= 4 is 16.8 Å². The number of nitrogens with one attached hydrogen (secondary N) is 2. The van der Waals surface area contributed by atoms with Crippen LogP contribution in [0.4, 0.5) is 0 Å². The first-order chi connectivity index (χ1) is 7.91. The second-order valence-electron chi connectivity index (χ2n) is 4.94. The van der Waals surface area contributed by atoms with E-state index in [-0.39, 0.29) is 4.75 Å². The van der Waals surface area contributed by atoms with E-state index in [4.69, 9.17) is 0 Å². The largest absolute Gasteiger partial charge is 0.356 e. The van der Waals surface area contributed by atoms with Crippen LogP contribution < -0.4 is 10.6 Å². The van der Waals surface area contributed by atoms with Crippen molar-refractivity contribution in [3.8, 4) is 0 Å². The summed E-state index contributed by atoms with van der Waals surface area (Å²) in [5.74, 6) is 1.45. The van der Waals surface area contributed by atoms with E-state index in [0.717, 1.165) is 25.3 Å². The predicted octanol–water partition coefficient (Wildman–Crippen LogP) is 1.50. The molecule has 102 valence electrons. The number of hydrogen-bond donors (Lipinski definition) is 2. The summed E-state index contributed by atoms with van der Waals surface area (Å²) in [6.45, 7) is 9.77. The Hall–Kier alpha value is -0.580. The third-order valence-corrected chi connectivity index (χ3v) is 4.25. The Morgan fingerprint density at radius 1 is 1.24 bits per heavy atom. The van der Waals surface area contributed by atoms with Crippen LogP contribution in [0.5, 0.6) is 0 Å². The van der Waals surface area contributed by atoms with Gasteiger partial charge in [-0.2, -0.15) is 0 Å². The Labute approximate surface area is 108 Å². The molecule has 0 aliphatic carbocycles. The molecule has 0 rings (SSSR count). The molecule has 17 heavy (non-hydrogen) atoms. The normalized spacial score (nSPS) is 14.5. The number of hydrogen-bond acceptors (Lipinski definition) is 2. The molecule has 0 amide bonds. The zero-order valence-electron chi connectivity index (χ0n) is 11.8. The monoisotopic (exact) mass is 261 g/mol. The highest BCUT2D eigenvalue weighted by Gasteiger charge is 2.18. The Kier molecular flexibility index (Phi) is 8.21. The molecule has 0 spiro atoms. The highest BCUT2D eigenvalue weighted by Crippen LogP contribution is 2.10. The molecule has 0 bridgehead atoms. The first-order valence-corrected chi connectivity index (χ1v) is 7.56. The van der Waals surface area contributed by atoms with Gasteiger partial charge in [-0.05, 0) is 27.2 Å². The summed E-state index contributed by atoms with van der Waals surface area (Å²) in [4.78, 5) is 4.11. The van der Waals surface area contributed by atoms with E-state index in [1.165, 1.54) is 0 Å². The molecule has 0 saturated carbocycles. The van der Waals surface area contributed by atoms with Gasteiger partial charge >= 0.3 is 0 Å². The summed E-state index contributed by atoms with van der Waals surface area (Å²) in [6.07, 6.45) is 2.30. The van der Waals surface area contributed by atoms with E-state index < -0.39 is 10.8 Å². The van der Waals surface area contributed by atoms with Gasteiger partial charge in [-0.15, -0.1) is 0 Å². The lowest BCUT2D eigenvalue weighted by Crippen LogP contribution is -2.40. The maximum Gasteiger partial charge on any atom is 0.191 e. The van der Waals surface area contributed by atoms with Crippen LogP contribution in [0.1, 0.15) is 40.5 Å². The lowest BCUT2D eigenvalue weighted by Gasteiger charge is -2.18. The Morgan fingerprint density at radius 2 is 1.82 bits per heavy atom. The van der Waals surface area contributed by atoms with Crippen LogP contribution in [0.2, 0.25) is 0 Å². The van der Waals surface area contributed by atoms with Gasteiger partial charge < -0.3 is 10.6 Å². The molecule has 4 nitrogen and oxygen atoms in total. The van der Waals surface area contributed by atoms with Gasteiger partial charge in [0.15, 0.2) is 5.96 Å². The van der Waals surface area contributed by atoms with E-state index in [0.29, 0.717) is 12.3 Å². The number of aliphatic imine (C=N–C) groups is 1. The molecule has 1 unspecified atom stereocenters. The van der Waals surface area contributed by atoms with Crippen molar-refractivity contribution < 1.29 is 4.21 Å².